The van der Waals surface area contributed by atoms with Gasteiger partial charge in [-0.05, 0) is 36.2 Å². The maximum absolute atomic E-state index is 12.1. The molecule has 2 heterocycles. The van der Waals surface area contributed by atoms with E-state index in [1.54, 1.807) is 29.7 Å². The van der Waals surface area contributed by atoms with Crippen molar-refractivity contribution in [1.82, 2.24) is 15.0 Å². The molecular formula is C23H20N4O2S2. The normalized spacial score (nSPS) is 13.3. The molecule has 0 saturated heterocycles. The highest BCUT2D eigenvalue weighted by Crippen LogP contribution is 2.34. The van der Waals surface area contributed by atoms with Crippen molar-refractivity contribution in [2.45, 2.75) is 19.8 Å². The monoisotopic (exact) mass is 448 g/mol. The number of allylic oxidation sites excluding steroid dienone is 1. The Morgan fingerprint density at radius 3 is 2.87 bits per heavy atom. The van der Waals surface area contributed by atoms with Crippen molar-refractivity contribution in [2.75, 3.05) is 10.5 Å². The summed E-state index contributed by atoms with van der Waals surface area (Å²) >= 11 is 1.62. The molecule has 4 aromatic rings. The van der Waals surface area contributed by atoms with Gasteiger partial charge in [-0.1, -0.05) is 31.2 Å². The van der Waals surface area contributed by atoms with Crippen molar-refractivity contribution in [1.29, 1.82) is 0 Å². The summed E-state index contributed by atoms with van der Waals surface area (Å²) < 4.78 is 28.0. The number of anilines is 1. The van der Waals surface area contributed by atoms with Crippen molar-refractivity contribution >= 4 is 42.8 Å². The first-order valence-corrected chi connectivity index (χ1v) is 12.6. The van der Waals surface area contributed by atoms with Crippen LogP contribution in [0.1, 0.15) is 30.3 Å². The predicted molar refractivity (Wildman–Crippen MR) is 126 cm³/mol. The van der Waals surface area contributed by atoms with Crippen LogP contribution in [-0.4, -0.2) is 29.1 Å². The number of rotatable bonds is 6. The molecule has 1 aliphatic rings. The Morgan fingerprint density at radius 2 is 2.00 bits per heavy atom. The van der Waals surface area contributed by atoms with Gasteiger partial charge in [0.05, 0.1) is 44.8 Å². The summed E-state index contributed by atoms with van der Waals surface area (Å²) in [5, 5.41) is 0. The van der Waals surface area contributed by atoms with Gasteiger partial charge in [0, 0.05) is 23.2 Å². The van der Waals surface area contributed by atoms with Crippen LogP contribution >= 0.6 is 11.3 Å². The van der Waals surface area contributed by atoms with Crippen LogP contribution in [0.25, 0.3) is 27.0 Å². The van der Waals surface area contributed by atoms with E-state index < -0.39 is 10.0 Å². The zero-order valence-corrected chi connectivity index (χ0v) is 18.5. The van der Waals surface area contributed by atoms with Crippen LogP contribution in [0.4, 0.5) is 5.69 Å². The lowest BCUT2D eigenvalue weighted by atomic mass is 10.0. The lowest BCUT2D eigenvalue weighted by molar-refractivity contribution is 0.600. The second-order valence-electron chi connectivity index (χ2n) is 7.41. The lowest BCUT2D eigenvalue weighted by Gasteiger charge is -2.10. The summed E-state index contributed by atoms with van der Waals surface area (Å²) in [4.78, 5) is 13.9. The third kappa shape index (κ3) is 3.96. The number of hydrogen-bond acceptors (Lipinski definition) is 6. The molecule has 0 saturated carbocycles. The topological polar surface area (TPSA) is 84.8 Å². The number of benzene rings is 2. The largest absolute Gasteiger partial charge is 0.284 e. The van der Waals surface area contributed by atoms with Crippen molar-refractivity contribution in [3.8, 4) is 11.3 Å². The summed E-state index contributed by atoms with van der Waals surface area (Å²) in [6, 6.07) is 13.5. The van der Waals surface area contributed by atoms with E-state index in [1.807, 2.05) is 30.6 Å². The molecule has 1 aliphatic carbocycles. The Balaban J connectivity index is 1.49. The quantitative estimate of drug-likeness (QED) is 0.454. The van der Waals surface area contributed by atoms with E-state index in [4.69, 9.17) is 4.98 Å². The zero-order valence-electron chi connectivity index (χ0n) is 16.9. The Hall–Kier alpha value is -3.10. The fourth-order valence-corrected chi connectivity index (χ4v) is 5.57. The molecule has 6 nitrogen and oxygen atoms in total. The second kappa shape index (κ2) is 7.86. The maximum Gasteiger partial charge on any atom is 0.232 e. The van der Waals surface area contributed by atoms with Crippen molar-refractivity contribution in [3.05, 3.63) is 77.2 Å². The highest BCUT2D eigenvalue weighted by molar-refractivity contribution is 7.92. The summed E-state index contributed by atoms with van der Waals surface area (Å²) in [6.45, 7) is 1.84. The standard InChI is InChI=1S/C23H20N4O2S2/c1-2-10-31(28,29)27-17-5-3-4-16(11-17)21-13-24-20-9-7-18(23(20)26-21)15-6-8-19-22(12-15)30-14-25-19/h3-8,11-14,27H,2,9-10H2,1H3. The smallest absolute Gasteiger partial charge is 0.232 e. The minimum absolute atomic E-state index is 0.0914. The van der Waals surface area contributed by atoms with Gasteiger partial charge in [-0.3, -0.25) is 9.71 Å². The molecule has 0 aliphatic heterocycles. The second-order valence-corrected chi connectivity index (χ2v) is 10.1. The fourth-order valence-electron chi connectivity index (χ4n) is 3.73. The molecule has 8 heteroatoms. The molecule has 0 unspecified atom stereocenters. The fraction of sp³-hybridized carbons (Fsp3) is 0.174. The van der Waals surface area contributed by atoms with Gasteiger partial charge >= 0.3 is 0 Å². The van der Waals surface area contributed by atoms with E-state index in [0.717, 1.165) is 44.7 Å². The third-order valence-corrected chi connectivity index (χ3v) is 7.43. The number of nitrogens with one attached hydrogen (secondary N) is 1. The van der Waals surface area contributed by atoms with Crippen molar-refractivity contribution < 1.29 is 8.42 Å². The van der Waals surface area contributed by atoms with E-state index in [2.05, 4.69) is 32.9 Å². The van der Waals surface area contributed by atoms with Gasteiger partial charge in [0.2, 0.25) is 10.0 Å². The van der Waals surface area contributed by atoms with Crippen LogP contribution in [0.5, 0.6) is 0 Å². The molecule has 2 aromatic carbocycles. The van der Waals surface area contributed by atoms with Gasteiger partial charge in [0.25, 0.3) is 0 Å². The highest BCUT2D eigenvalue weighted by Gasteiger charge is 2.20. The molecule has 0 amide bonds. The Kier molecular flexibility index (Phi) is 5.03. The number of thiazole rings is 1. The molecule has 1 N–H and O–H groups in total. The van der Waals surface area contributed by atoms with E-state index in [1.165, 1.54) is 0 Å². The molecule has 156 valence electrons. The maximum atomic E-state index is 12.1. The number of sulfonamides is 1. The summed E-state index contributed by atoms with van der Waals surface area (Å²) in [7, 11) is -3.35. The zero-order chi connectivity index (χ0) is 21.4. The minimum Gasteiger partial charge on any atom is -0.284 e. The molecule has 0 fully saturated rings. The van der Waals surface area contributed by atoms with Gasteiger partial charge in [0.1, 0.15) is 0 Å². The van der Waals surface area contributed by atoms with E-state index in [-0.39, 0.29) is 5.75 Å². The minimum atomic E-state index is -3.35. The van der Waals surface area contributed by atoms with E-state index in [9.17, 15) is 8.42 Å². The van der Waals surface area contributed by atoms with Gasteiger partial charge in [-0.2, -0.15) is 0 Å². The molecule has 5 rings (SSSR count). The van der Waals surface area contributed by atoms with Crippen LogP contribution in [0.3, 0.4) is 0 Å². The average molecular weight is 449 g/mol. The number of fused-ring (bicyclic) bond motifs is 2. The van der Waals surface area contributed by atoms with Crippen molar-refractivity contribution in [3.63, 3.8) is 0 Å². The molecule has 31 heavy (non-hydrogen) atoms. The number of nitrogens with zero attached hydrogens (tertiary/aromatic N) is 3. The summed E-state index contributed by atoms with van der Waals surface area (Å²) in [6.07, 6.45) is 5.22. The molecular weight excluding hydrogens is 428 g/mol. The van der Waals surface area contributed by atoms with Crippen LogP contribution in [0.2, 0.25) is 0 Å². The van der Waals surface area contributed by atoms with Gasteiger partial charge in [-0.25, -0.2) is 18.4 Å². The van der Waals surface area contributed by atoms with Gasteiger partial charge < -0.3 is 0 Å². The third-order valence-electron chi connectivity index (χ3n) is 5.15. The first-order chi connectivity index (χ1) is 15.0. The Morgan fingerprint density at radius 1 is 1.10 bits per heavy atom. The van der Waals surface area contributed by atoms with Gasteiger partial charge in [-0.15, -0.1) is 11.3 Å². The van der Waals surface area contributed by atoms with Crippen LogP contribution in [0.15, 0.2) is 60.2 Å². The highest BCUT2D eigenvalue weighted by atomic mass is 32.2. The first-order valence-electron chi connectivity index (χ1n) is 10.0. The van der Waals surface area contributed by atoms with Gasteiger partial charge in [0.15, 0.2) is 0 Å². The average Bonchev–Trinajstić information content (AvgIpc) is 3.39. The molecule has 0 radical (unpaired) electrons. The Bertz CT molecular complexity index is 1420. The predicted octanol–water partition coefficient (Wildman–Crippen LogP) is 4.89. The summed E-state index contributed by atoms with van der Waals surface area (Å²) in [5.74, 6) is 0.0914. The molecule has 2 aromatic heterocycles. The SMILES string of the molecule is CCCS(=O)(=O)Nc1cccc(-c2cnc3c(n2)C(c2ccc4ncsc4c2)=CC3)c1. The van der Waals surface area contributed by atoms with Crippen LogP contribution in [-0.2, 0) is 16.4 Å². The van der Waals surface area contributed by atoms with Crippen molar-refractivity contribution in [2.24, 2.45) is 0 Å². The van der Waals surface area contributed by atoms with Crippen LogP contribution in [0, 0.1) is 0 Å². The Labute approximate surface area is 184 Å². The molecule has 0 bridgehead atoms. The lowest BCUT2D eigenvalue weighted by Crippen LogP contribution is -2.16. The number of hydrogen-bond donors (Lipinski definition) is 1. The van der Waals surface area contributed by atoms with E-state index >= 15 is 0 Å². The van der Waals surface area contributed by atoms with Crippen LogP contribution < -0.4 is 4.72 Å². The molecule has 0 atom stereocenters. The summed E-state index contributed by atoms with van der Waals surface area (Å²) in [5.41, 5.74) is 8.89. The molecule has 0 spiro atoms. The number of aromatic nitrogens is 3. The first kappa shape index (κ1) is 19.8. The van der Waals surface area contributed by atoms with E-state index in [0.29, 0.717) is 17.8 Å².